The van der Waals surface area contributed by atoms with Gasteiger partial charge in [-0.05, 0) is 6.42 Å². The minimum atomic E-state index is -0.399. The van der Waals surface area contributed by atoms with Gasteiger partial charge >= 0.3 is 0 Å². The summed E-state index contributed by atoms with van der Waals surface area (Å²) in [7, 11) is 1.76. The fraction of sp³-hybridized carbons (Fsp3) is 0.615. The van der Waals surface area contributed by atoms with Crippen molar-refractivity contribution in [2.24, 2.45) is 0 Å². The molecule has 1 unspecified atom stereocenters. The van der Waals surface area contributed by atoms with Crippen LogP contribution in [0.5, 0.6) is 0 Å². The average molecular weight is 294 g/mol. The number of hydrogen-bond acceptors (Lipinski definition) is 7. The third-order valence-electron chi connectivity index (χ3n) is 3.26. The van der Waals surface area contributed by atoms with Crippen LogP contribution in [0.25, 0.3) is 0 Å². The second-order valence-electron chi connectivity index (χ2n) is 4.79. The zero-order valence-electron chi connectivity index (χ0n) is 12.4. The summed E-state index contributed by atoms with van der Waals surface area (Å²) < 4.78 is 5.43. The summed E-state index contributed by atoms with van der Waals surface area (Å²) in [6, 6.07) is 1.38. The van der Waals surface area contributed by atoms with Gasteiger partial charge in [0.15, 0.2) is 0 Å². The molecule has 0 radical (unpaired) electrons. The van der Waals surface area contributed by atoms with E-state index in [0.29, 0.717) is 37.9 Å². The lowest BCUT2D eigenvalue weighted by Crippen LogP contribution is -2.54. The summed E-state index contributed by atoms with van der Waals surface area (Å²) in [5.74, 6) is 1.37. The van der Waals surface area contributed by atoms with Gasteiger partial charge in [0, 0.05) is 26.2 Å². The molecule has 1 amide bonds. The maximum Gasteiger partial charge on any atom is 0.245 e. The topological polar surface area (TPSA) is 105 Å². The Morgan fingerprint density at radius 1 is 1.57 bits per heavy atom. The van der Waals surface area contributed by atoms with Gasteiger partial charge in [0.1, 0.15) is 17.7 Å². The van der Waals surface area contributed by atoms with E-state index < -0.39 is 6.04 Å². The molecule has 1 aromatic rings. The van der Waals surface area contributed by atoms with Crippen LogP contribution in [-0.4, -0.2) is 55.3 Å². The molecule has 0 aliphatic carbocycles. The predicted molar refractivity (Wildman–Crippen MR) is 81.2 cm³/mol. The number of anilines is 3. The van der Waals surface area contributed by atoms with Crippen LogP contribution in [0.3, 0.4) is 0 Å². The number of nitrogens with one attached hydrogen (secondary N) is 2. The van der Waals surface area contributed by atoms with Crippen LogP contribution in [0.1, 0.15) is 13.3 Å². The minimum absolute atomic E-state index is 0.0558. The second kappa shape index (κ2) is 7.07. The maximum absolute atomic E-state index is 12.3. The van der Waals surface area contributed by atoms with E-state index in [9.17, 15) is 4.79 Å². The van der Waals surface area contributed by atoms with Crippen molar-refractivity contribution >= 4 is 23.5 Å². The first-order valence-electron chi connectivity index (χ1n) is 7.10. The van der Waals surface area contributed by atoms with Crippen LogP contribution >= 0.6 is 0 Å². The number of ether oxygens (including phenoxy) is 1. The molecule has 1 aliphatic rings. The Morgan fingerprint density at radius 2 is 2.38 bits per heavy atom. The summed E-state index contributed by atoms with van der Waals surface area (Å²) in [6.45, 7) is 4.14. The number of nitrogen functional groups attached to an aromatic ring is 1. The molecular formula is C13H22N6O2. The Bertz CT molecular complexity index is 496. The lowest BCUT2D eigenvalue weighted by Gasteiger charge is -2.35. The van der Waals surface area contributed by atoms with Crippen molar-refractivity contribution in [2.45, 2.75) is 19.4 Å². The van der Waals surface area contributed by atoms with E-state index in [2.05, 4.69) is 20.6 Å². The smallest absolute Gasteiger partial charge is 0.245 e. The second-order valence-corrected chi connectivity index (χ2v) is 4.79. The van der Waals surface area contributed by atoms with E-state index in [4.69, 9.17) is 10.5 Å². The normalized spacial score (nSPS) is 18.4. The molecule has 2 rings (SSSR count). The Morgan fingerprint density at radius 3 is 3.10 bits per heavy atom. The first-order valence-corrected chi connectivity index (χ1v) is 7.10. The zero-order valence-corrected chi connectivity index (χ0v) is 12.4. The molecule has 1 aliphatic heterocycles. The molecule has 1 aromatic heterocycles. The summed E-state index contributed by atoms with van der Waals surface area (Å²) in [5, 5.41) is 5.83. The van der Waals surface area contributed by atoms with Crippen LogP contribution in [0.4, 0.5) is 17.6 Å². The number of hydrogen-bond donors (Lipinski definition) is 3. The van der Waals surface area contributed by atoms with E-state index in [1.807, 2.05) is 11.8 Å². The van der Waals surface area contributed by atoms with Crippen molar-refractivity contribution in [1.29, 1.82) is 0 Å². The third kappa shape index (κ3) is 3.72. The molecule has 0 aromatic carbocycles. The van der Waals surface area contributed by atoms with Gasteiger partial charge in [0.05, 0.1) is 13.2 Å². The maximum atomic E-state index is 12.3. The number of amides is 1. The van der Waals surface area contributed by atoms with Gasteiger partial charge in [-0.25, -0.2) is 0 Å². The number of morpholine rings is 1. The fourth-order valence-electron chi connectivity index (χ4n) is 2.19. The van der Waals surface area contributed by atoms with Crippen LogP contribution in [0.2, 0.25) is 0 Å². The van der Waals surface area contributed by atoms with E-state index in [-0.39, 0.29) is 11.9 Å². The van der Waals surface area contributed by atoms with Crippen molar-refractivity contribution in [1.82, 2.24) is 15.3 Å². The number of aromatic nitrogens is 2. The Labute approximate surface area is 124 Å². The van der Waals surface area contributed by atoms with E-state index in [1.165, 1.54) is 0 Å². The number of nitrogens with two attached hydrogens (primary N) is 1. The highest BCUT2D eigenvalue weighted by Crippen LogP contribution is 2.21. The van der Waals surface area contributed by atoms with Crippen LogP contribution in [-0.2, 0) is 9.53 Å². The van der Waals surface area contributed by atoms with Crippen molar-refractivity contribution in [3.63, 3.8) is 0 Å². The summed E-state index contributed by atoms with van der Waals surface area (Å²) in [6.07, 6.45) is 0.893. The molecule has 0 bridgehead atoms. The van der Waals surface area contributed by atoms with Crippen molar-refractivity contribution in [2.75, 3.05) is 49.3 Å². The highest BCUT2D eigenvalue weighted by atomic mass is 16.5. The molecule has 4 N–H and O–H groups in total. The van der Waals surface area contributed by atoms with Crippen LogP contribution in [0.15, 0.2) is 6.07 Å². The first kappa shape index (κ1) is 15.3. The first-order chi connectivity index (χ1) is 10.2. The van der Waals surface area contributed by atoms with Gasteiger partial charge in [-0.2, -0.15) is 9.97 Å². The Balaban J connectivity index is 2.21. The van der Waals surface area contributed by atoms with Gasteiger partial charge in [0.25, 0.3) is 0 Å². The van der Waals surface area contributed by atoms with Crippen molar-refractivity contribution in [3.05, 3.63) is 6.07 Å². The third-order valence-corrected chi connectivity index (χ3v) is 3.26. The molecule has 8 heteroatoms. The average Bonchev–Trinajstić information content (AvgIpc) is 2.51. The highest BCUT2D eigenvalue weighted by Gasteiger charge is 2.30. The molecule has 2 heterocycles. The standard InChI is InChI=1S/C13H22N6O2/c1-3-4-16-12(20)9-8-21-6-5-19(9)11-7-10(15-2)17-13(14)18-11/h7,9H,3-6,8H2,1-2H3,(H,16,20)(H3,14,15,17,18). The van der Waals surface area contributed by atoms with E-state index >= 15 is 0 Å². The predicted octanol–water partition coefficient (Wildman–Crippen LogP) is -0.168. The minimum Gasteiger partial charge on any atom is -0.377 e. The summed E-state index contributed by atoms with van der Waals surface area (Å²) in [5.41, 5.74) is 5.72. The van der Waals surface area contributed by atoms with Gasteiger partial charge in [-0.1, -0.05) is 6.92 Å². The van der Waals surface area contributed by atoms with Crippen LogP contribution in [0, 0.1) is 0 Å². The number of carbonyl (C=O) groups excluding carboxylic acids is 1. The summed E-state index contributed by atoms with van der Waals surface area (Å²) in [4.78, 5) is 22.5. The number of rotatable bonds is 5. The largest absolute Gasteiger partial charge is 0.377 e. The molecule has 1 saturated heterocycles. The molecule has 21 heavy (non-hydrogen) atoms. The lowest BCUT2D eigenvalue weighted by molar-refractivity contribution is -0.124. The van der Waals surface area contributed by atoms with Gasteiger partial charge in [-0.15, -0.1) is 0 Å². The van der Waals surface area contributed by atoms with Crippen LogP contribution < -0.4 is 21.3 Å². The van der Waals surface area contributed by atoms with E-state index in [0.717, 1.165) is 6.42 Å². The number of nitrogens with zero attached hydrogens (tertiary/aromatic N) is 3. The van der Waals surface area contributed by atoms with Gasteiger partial charge in [-0.3, -0.25) is 4.79 Å². The lowest BCUT2D eigenvalue weighted by atomic mass is 10.2. The molecule has 0 spiro atoms. The monoisotopic (exact) mass is 294 g/mol. The molecule has 8 nitrogen and oxygen atoms in total. The molecule has 1 fully saturated rings. The molecular weight excluding hydrogens is 272 g/mol. The highest BCUT2D eigenvalue weighted by molar-refractivity contribution is 5.85. The quantitative estimate of drug-likeness (QED) is 0.692. The molecule has 116 valence electrons. The van der Waals surface area contributed by atoms with Gasteiger partial charge in [0.2, 0.25) is 11.9 Å². The fourth-order valence-corrected chi connectivity index (χ4v) is 2.19. The molecule has 1 atom stereocenters. The summed E-state index contributed by atoms with van der Waals surface area (Å²) >= 11 is 0. The van der Waals surface area contributed by atoms with Crippen molar-refractivity contribution < 1.29 is 9.53 Å². The zero-order chi connectivity index (χ0) is 15.2. The Kier molecular flexibility index (Phi) is 5.15. The Hall–Kier alpha value is -2.09. The van der Waals surface area contributed by atoms with E-state index in [1.54, 1.807) is 13.1 Å². The molecule has 0 saturated carbocycles. The van der Waals surface area contributed by atoms with Crippen molar-refractivity contribution in [3.8, 4) is 0 Å². The SMILES string of the molecule is CCCNC(=O)C1COCCN1c1cc(NC)nc(N)n1. The number of carbonyl (C=O) groups is 1. The van der Waals surface area contributed by atoms with Gasteiger partial charge < -0.3 is 26.0 Å².